The number of anilines is 1. The molecule has 0 saturated heterocycles. The number of benzene rings is 1. The van der Waals surface area contributed by atoms with Crippen LogP contribution in [0.5, 0.6) is 0 Å². The summed E-state index contributed by atoms with van der Waals surface area (Å²) in [7, 11) is 1.68. The lowest BCUT2D eigenvalue weighted by Gasteiger charge is -2.01. The van der Waals surface area contributed by atoms with Crippen molar-refractivity contribution in [3.05, 3.63) is 47.0 Å². The Morgan fingerprint density at radius 2 is 2.12 bits per heavy atom. The Kier molecular flexibility index (Phi) is 3.91. The summed E-state index contributed by atoms with van der Waals surface area (Å²) in [5.74, 6) is 0. The largest absolute Gasteiger partial charge is 0.378 e. The second-order valence-electron chi connectivity index (χ2n) is 3.42. The molecule has 1 heterocycles. The standard InChI is InChI=1S/C12H14N2OS/c1-15-8-11-9-16-12(14-11)13-7-10-5-3-2-4-6-10/h2-6,9H,7-8H2,1H3,(H,13,14). The fourth-order valence-corrected chi connectivity index (χ4v) is 2.07. The van der Waals surface area contributed by atoms with Crippen LogP contribution in [0, 0.1) is 0 Å². The Balaban J connectivity index is 1.89. The lowest BCUT2D eigenvalue weighted by molar-refractivity contribution is 0.182. The molecule has 1 aromatic heterocycles. The van der Waals surface area contributed by atoms with E-state index < -0.39 is 0 Å². The third-order valence-electron chi connectivity index (χ3n) is 2.13. The number of hydrogen-bond acceptors (Lipinski definition) is 4. The van der Waals surface area contributed by atoms with Crippen molar-refractivity contribution in [3.8, 4) is 0 Å². The van der Waals surface area contributed by atoms with Crippen LogP contribution in [-0.4, -0.2) is 12.1 Å². The predicted octanol–water partition coefficient (Wildman–Crippen LogP) is 2.90. The molecular formula is C12H14N2OS. The first-order valence-electron chi connectivity index (χ1n) is 5.09. The van der Waals surface area contributed by atoms with E-state index in [9.17, 15) is 0 Å². The van der Waals surface area contributed by atoms with E-state index in [4.69, 9.17) is 4.74 Å². The minimum atomic E-state index is 0.573. The molecule has 1 N–H and O–H groups in total. The summed E-state index contributed by atoms with van der Waals surface area (Å²) >= 11 is 1.61. The van der Waals surface area contributed by atoms with Crippen molar-refractivity contribution in [1.82, 2.24) is 4.98 Å². The van der Waals surface area contributed by atoms with Gasteiger partial charge in [-0.1, -0.05) is 30.3 Å². The average molecular weight is 234 g/mol. The topological polar surface area (TPSA) is 34.1 Å². The monoisotopic (exact) mass is 234 g/mol. The van der Waals surface area contributed by atoms with Crippen molar-refractivity contribution in [2.75, 3.05) is 12.4 Å². The number of ether oxygens (including phenoxy) is 1. The van der Waals surface area contributed by atoms with Gasteiger partial charge in [-0.3, -0.25) is 0 Å². The molecule has 0 bridgehead atoms. The molecule has 4 heteroatoms. The molecule has 0 fully saturated rings. The lowest BCUT2D eigenvalue weighted by Crippen LogP contribution is -1.98. The third kappa shape index (κ3) is 3.05. The minimum absolute atomic E-state index is 0.573. The summed E-state index contributed by atoms with van der Waals surface area (Å²) in [6.07, 6.45) is 0. The van der Waals surface area contributed by atoms with Crippen LogP contribution in [0.1, 0.15) is 11.3 Å². The number of nitrogens with one attached hydrogen (secondary N) is 1. The second kappa shape index (κ2) is 5.63. The maximum atomic E-state index is 5.02. The molecule has 0 amide bonds. The number of hydrogen-bond donors (Lipinski definition) is 1. The number of rotatable bonds is 5. The Morgan fingerprint density at radius 1 is 1.31 bits per heavy atom. The Hall–Kier alpha value is -1.39. The van der Waals surface area contributed by atoms with Crippen molar-refractivity contribution in [3.63, 3.8) is 0 Å². The summed E-state index contributed by atoms with van der Waals surface area (Å²) in [4.78, 5) is 4.40. The van der Waals surface area contributed by atoms with Gasteiger partial charge in [0, 0.05) is 19.0 Å². The first-order chi connectivity index (χ1) is 7.88. The maximum absolute atomic E-state index is 5.02. The fourth-order valence-electron chi connectivity index (χ4n) is 1.38. The van der Waals surface area contributed by atoms with Crippen molar-refractivity contribution >= 4 is 16.5 Å². The molecule has 0 spiro atoms. The minimum Gasteiger partial charge on any atom is -0.378 e. The molecule has 1 aromatic carbocycles. The molecule has 84 valence electrons. The smallest absolute Gasteiger partial charge is 0.183 e. The Bertz CT molecular complexity index is 428. The second-order valence-corrected chi connectivity index (χ2v) is 4.27. The molecular weight excluding hydrogens is 220 g/mol. The zero-order valence-electron chi connectivity index (χ0n) is 9.14. The van der Waals surface area contributed by atoms with E-state index in [1.165, 1.54) is 5.56 Å². The summed E-state index contributed by atoms with van der Waals surface area (Å²) in [6.45, 7) is 1.38. The number of methoxy groups -OCH3 is 1. The van der Waals surface area contributed by atoms with Crippen LogP contribution in [0.2, 0.25) is 0 Å². The first kappa shape index (κ1) is 11.1. The number of nitrogens with zero attached hydrogens (tertiary/aromatic N) is 1. The molecule has 0 unspecified atom stereocenters. The van der Waals surface area contributed by atoms with Gasteiger partial charge in [-0.15, -0.1) is 11.3 Å². The van der Waals surface area contributed by atoms with Gasteiger partial charge in [-0.2, -0.15) is 0 Å². The molecule has 0 atom stereocenters. The molecule has 0 saturated carbocycles. The number of aromatic nitrogens is 1. The summed E-state index contributed by atoms with van der Waals surface area (Å²) < 4.78 is 5.02. The van der Waals surface area contributed by atoms with Gasteiger partial charge in [-0.05, 0) is 5.56 Å². The first-order valence-corrected chi connectivity index (χ1v) is 5.97. The van der Waals surface area contributed by atoms with Crippen LogP contribution in [-0.2, 0) is 17.9 Å². The third-order valence-corrected chi connectivity index (χ3v) is 2.98. The van der Waals surface area contributed by atoms with Crippen LogP contribution in [0.3, 0.4) is 0 Å². The quantitative estimate of drug-likeness (QED) is 0.863. The van der Waals surface area contributed by atoms with Gasteiger partial charge in [0.1, 0.15) is 0 Å². The van der Waals surface area contributed by atoms with Crippen molar-refractivity contribution in [2.45, 2.75) is 13.2 Å². The Morgan fingerprint density at radius 3 is 2.88 bits per heavy atom. The molecule has 2 aromatic rings. The van der Waals surface area contributed by atoms with Gasteiger partial charge >= 0.3 is 0 Å². The fraction of sp³-hybridized carbons (Fsp3) is 0.250. The van der Waals surface area contributed by atoms with Crippen LogP contribution in [0.15, 0.2) is 35.7 Å². The zero-order valence-corrected chi connectivity index (χ0v) is 9.96. The molecule has 3 nitrogen and oxygen atoms in total. The van der Waals surface area contributed by atoms with Gasteiger partial charge < -0.3 is 10.1 Å². The SMILES string of the molecule is COCc1csc(NCc2ccccc2)n1. The highest BCUT2D eigenvalue weighted by atomic mass is 32.1. The molecule has 0 radical (unpaired) electrons. The lowest BCUT2D eigenvalue weighted by atomic mass is 10.2. The molecule has 0 aliphatic heterocycles. The van der Waals surface area contributed by atoms with Gasteiger partial charge in [0.25, 0.3) is 0 Å². The molecule has 16 heavy (non-hydrogen) atoms. The van der Waals surface area contributed by atoms with Crippen molar-refractivity contribution < 1.29 is 4.74 Å². The van der Waals surface area contributed by atoms with E-state index in [1.54, 1.807) is 18.4 Å². The molecule has 2 rings (SSSR count). The summed E-state index contributed by atoms with van der Waals surface area (Å²) in [5.41, 5.74) is 2.23. The van der Waals surface area contributed by atoms with Gasteiger partial charge in [0.05, 0.1) is 12.3 Å². The van der Waals surface area contributed by atoms with E-state index in [0.717, 1.165) is 17.4 Å². The van der Waals surface area contributed by atoms with Gasteiger partial charge in [-0.25, -0.2) is 4.98 Å². The van der Waals surface area contributed by atoms with Crippen LogP contribution < -0.4 is 5.32 Å². The van der Waals surface area contributed by atoms with Gasteiger partial charge in [0.15, 0.2) is 5.13 Å². The molecule has 0 aliphatic carbocycles. The van der Waals surface area contributed by atoms with Crippen molar-refractivity contribution in [2.24, 2.45) is 0 Å². The number of thiazole rings is 1. The highest BCUT2D eigenvalue weighted by molar-refractivity contribution is 7.13. The predicted molar refractivity (Wildman–Crippen MR) is 66.6 cm³/mol. The van der Waals surface area contributed by atoms with E-state index in [-0.39, 0.29) is 0 Å². The normalized spacial score (nSPS) is 10.3. The molecule has 0 aliphatic rings. The summed E-state index contributed by atoms with van der Waals surface area (Å²) in [6, 6.07) is 10.3. The van der Waals surface area contributed by atoms with Crippen LogP contribution in [0.4, 0.5) is 5.13 Å². The highest BCUT2D eigenvalue weighted by Gasteiger charge is 2.00. The van der Waals surface area contributed by atoms with E-state index in [2.05, 4.69) is 22.4 Å². The van der Waals surface area contributed by atoms with Crippen molar-refractivity contribution in [1.29, 1.82) is 0 Å². The Labute approximate surface area is 99.1 Å². The van der Waals surface area contributed by atoms with E-state index in [1.807, 2.05) is 23.6 Å². The van der Waals surface area contributed by atoms with E-state index >= 15 is 0 Å². The highest BCUT2D eigenvalue weighted by Crippen LogP contribution is 2.16. The van der Waals surface area contributed by atoms with Crippen LogP contribution >= 0.6 is 11.3 Å². The van der Waals surface area contributed by atoms with Gasteiger partial charge in [0.2, 0.25) is 0 Å². The zero-order chi connectivity index (χ0) is 11.2. The van der Waals surface area contributed by atoms with E-state index in [0.29, 0.717) is 6.61 Å². The average Bonchev–Trinajstić information content (AvgIpc) is 2.76. The summed E-state index contributed by atoms with van der Waals surface area (Å²) in [5, 5.41) is 6.24. The van der Waals surface area contributed by atoms with Crippen LogP contribution in [0.25, 0.3) is 0 Å². The maximum Gasteiger partial charge on any atom is 0.183 e.